The normalized spacial score (nSPS) is 29.5. The molecule has 244 valence electrons. The minimum Gasteiger partial charge on any atom is -0.455 e. The molecule has 48 heavy (non-hydrogen) atoms. The van der Waals surface area contributed by atoms with Gasteiger partial charge in [-0.25, -0.2) is 0 Å². The molecule has 2 saturated heterocycles. The number of ether oxygens (including phenoxy) is 6. The van der Waals surface area contributed by atoms with E-state index < -0.39 is 48.9 Å². The van der Waals surface area contributed by atoms with E-state index in [0.717, 1.165) is 40.4 Å². The second-order valence-electron chi connectivity index (χ2n) is 12.1. The van der Waals surface area contributed by atoms with Crippen LogP contribution in [0.15, 0.2) is 91.0 Å². The van der Waals surface area contributed by atoms with Gasteiger partial charge in [-0.1, -0.05) is 105 Å². The Hall–Kier alpha value is -3.56. The number of carbonyl (C=O) groups is 2. The topological polar surface area (TPSA) is 89.5 Å². The van der Waals surface area contributed by atoms with Crippen molar-refractivity contribution < 1.29 is 38.0 Å². The molecule has 0 bridgehead atoms. The Labute approximate surface area is 283 Å². The quantitative estimate of drug-likeness (QED) is 0.288. The lowest BCUT2D eigenvalue weighted by Gasteiger charge is -2.48. The zero-order valence-corrected chi connectivity index (χ0v) is 26.9. The van der Waals surface area contributed by atoms with E-state index in [1.807, 2.05) is 124 Å². The first-order chi connectivity index (χ1) is 23.4. The summed E-state index contributed by atoms with van der Waals surface area (Å²) in [4.78, 5) is 27.8. The molecule has 0 amide bonds. The van der Waals surface area contributed by atoms with E-state index in [0.29, 0.717) is 11.8 Å². The summed E-state index contributed by atoms with van der Waals surface area (Å²) in [5.74, 6) is 2.94. The van der Waals surface area contributed by atoms with Crippen molar-refractivity contribution >= 4 is 11.9 Å². The van der Waals surface area contributed by atoms with E-state index >= 15 is 0 Å². The monoisotopic (exact) mass is 644 g/mol. The van der Waals surface area contributed by atoms with Gasteiger partial charge in [0.05, 0.1) is 18.4 Å². The number of carbonyl (C=O) groups excluding carboxylic acids is 2. The van der Waals surface area contributed by atoms with Crippen LogP contribution in [0.2, 0.25) is 0 Å². The van der Waals surface area contributed by atoms with Gasteiger partial charge in [0.2, 0.25) is 0 Å². The first kappa shape index (κ1) is 33.0. The van der Waals surface area contributed by atoms with Crippen molar-refractivity contribution in [2.24, 2.45) is 0 Å². The van der Waals surface area contributed by atoms with Crippen LogP contribution in [0.1, 0.15) is 36.8 Å². The molecule has 2 aliphatic carbocycles. The Morgan fingerprint density at radius 2 is 1.15 bits per heavy atom. The minimum atomic E-state index is -1.15. The smallest absolute Gasteiger partial charge is 0.314 e. The molecule has 3 aromatic carbocycles. The average Bonchev–Trinajstić information content (AvgIpc) is 3.72. The van der Waals surface area contributed by atoms with Crippen LogP contribution in [0, 0.1) is 61.2 Å². The van der Waals surface area contributed by atoms with Crippen molar-refractivity contribution in [3.05, 3.63) is 169 Å². The zero-order valence-electron chi connectivity index (χ0n) is 26.9. The molecule has 2 heterocycles. The fourth-order valence-corrected chi connectivity index (χ4v) is 6.43. The molecule has 6 atom stereocenters. The van der Waals surface area contributed by atoms with Crippen molar-refractivity contribution in [3.8, 4) is 0 Å². The lowest BCUT2D eigenvalue weighted by Crippen LogP contribution is -2.64. The fourth-order valence-electron chi connectivity index (χ4n) is 6.43. The molecule has 8 heteroatoms. The van der Waals surface area contributed by atoms with Gasteiger partial charge in [-0.3, -0.25) is 9.59 Å². The van der Waals surface area contributed by atoms with E-state index in [4.69, 9.17) is 28.4 Å². The van der Waals surface area contributed by atoms with Gasteiger partial charge < -0.3 is 28.4 Å². The maximum atomic E-state index is 14.0. The predicted octanol–water partition coefficient (Wildman–Crippen LogP) is 5.72. The highest BCUT2D eigenvalue weighted by atomic mass is 16.8. The SMILES string of the molecule is CO[C@H]1O[C@@H]2CO[C@@H](c3ccccc3)O[C@H]2[C@H](OC(=O)[C]2[CH][C](c3ccccc3)[CH][C]2C)[C@H]1OC(=O)[C]1[CH][C](c2ccccc2)[CH][C]1C. The highest BCUT2D eigenvalue weighted by molar-refractivity contribution is 5.96. The Balaban J connectivity index is 1.14. The first-order valence-electron chi connectivity index (χ1n) is 16.0. The van der Waals surface area contributed by atoms with Crippen molar-refractivity contribution in [2.45, 2.75) is 50.8 Å². The third-order valence-electron chi connectivity index (χ3n) is 8.92. The molecule has 0 aromatic heterocycles. The molecule has 0 unspecified atom stereocenters. The molecule has 0 N–H and O–H groups in total. The van der Waals surface area contributed by atoms with Crippen LogP contribution in [0.5, 0.6) is 0 Å². The van der Waals surface area contributed by atoms with Gasteiger partial charge in [0.25, 0.3) is 0 Å². The summed E-state index contributed by atoms with van der Waals surface area (Å²) >= 11 is 0. The summed E-state index contributed by atoms with van der Waals surface area (Å²) < 4.78 is 36.9. The number of benzene rings is 3. The summed E-state index contributed by atoms with van der Waals surface area (Å²) in [7, 11) is 1.46. The van der Waals surface area contributed by atoms with Gasteiger partial charge in [-0.2, -0.15) is 0 Å². The van der Waals surface area contributed by atoms with E-state index in [-0.39, 0.29) is 6.61 Å². The van der Waals surface area contributed by atoms with Crippen LogP contribution in [0.4, 0.5) is 0 Å². The molecule has 3 aromatic rings. The molecule has 4 fully saturated rings. The summed E-state index contributed by atoms with van der Waals surface area (Å²) in [6.45, 7) is 3.87. The van der Waals surface area contributed by atoms with Crippen molar-refractivity contribution in [1.82, 2.24) is 0 Å². The molecule has 2 saturated carbocycles. The molecular weight excluding hydrogens is 608 g/mol. The summed E-state index contributed by atoms with van der Waals surface area (Å²) in [6.07, 6.45) is 1.98. The Morgan fingerprint density at radius 3 is 1.67 bits per heavy atom. The molecule has 10 radical (unpaired) electrons. The average molecular weight is 645 g/mol. The number of rotatable bonds is 8. The minimum absolute atomic E-state index is 0.148. The molecule has 8 nitrogen and oxygen atoms in total. The molecule has 4 aliphatic rings. The summed E-state index contributed by atoms with van der Waals surface area (Å²) in [6, 6.07) is 29.1. The summed E-state index contributed by atoms with van der Waals surface area (Å²) in [5.41, 5.74) is 2.76. The zero-order chi connectivity index (χ0) is 33.2. The van der Waals surface area contributed by atoms with Crippen molar-refractivity contribution in [3.63, 3.8) is 0 Å². The first-order valence-corrected chi connectivity index (χ1v) is 16.0. The third kappa shape index (κ3) is 6.81. The fraction of sp³-hybridized carbons (Fsp3) is 0.250. The predicted molar refractivity (Wildman–Crippen MR) is 175 cm³/mol. The van der Waals surface area contributed by atoms with Crippen LogP contribution >= 0.6 is 0 Å². The number of esters is 2. The molecule has 7 rings (SSSR count). The van der Waals surface area contributed by atoms with Crippen molar-refractivity contribution in [1.29, 1.82) is 0 Å². The van der Waals surface area contributed by atoms with Crippen LogP contribution in [0.25, 0.3) is 0 Å². The Kier molecular flexibility index (Phi) is 9.96. The van der Waals surface area contributed by atoms with Gasteiger partial charge in [-0.15, -0.1) is 0 Å². The van der Waals surface area contributed by atoms with Gasteiger partial charge in [0.1, 0.15) is 12.2 Å². The Morgan fingerprint density at radius 1 is 0.646 bits per heavy atom. The number of methoxy groups -OCH3 is 1. The number of hydrogen-bond acceptors (Lipinski definition) is 8. The number of fused-ring (bicyclic) bond motifs is 1. The van der Waals surface area contributed by atoms with E-state index in [9.17, 15) is 9.59 Å². The standard InChI is InChI=1S/C40H36O8/c1-24-19-29(26-13-7-4-8-14-26)21-31(24)37(41)46-35-34-33(23-44-39(48-34)28-17-11-6-12-18-28)45-40(43-3)36(35)47-38(42)32-22-30(20-25(32)2)27-15-9-5-10-16-27/h4-22,33-36,39-40H,23H2,1-3H3/t33-,34-,35+,36-,39-,40+/m1/s1. The van der Waals surface area contributed by atoms with E-state index in [2.05, 4.69) is 0 Å². The van der Waals surface area contributed by atoms with Crippen molar-refractivity contribution in [2.75, 3.05) is 13.7 Å². The van der Waals surface area contributed by atoms with Gasteiger partial charge in [0, 0.05) is 24.5 Å². The van der Waals surface area contributed by atoms with Crippen LogP contribution in [-0.2, 0) is 38.0 Å². The van der Waals surface area contributed by atoms with E-state index in [1.54, 1.807) is 6.42 Å². The largest absolute Gasteiger partial charge is 0.455 e. The van der Waals surface area contributed by atoms with Gasteiger partial charge in [0.15, 0.2) is 24.8 Å². The van der Waals surface area contributed by atoms with Gasteiger partial charge in [-0.05, 0) is 48.6 Å². The Bertz CT molecular complexity index is 1520. The second kappa shape index (κ2) is 14.5. The van der Waals surface area contributed by atoms with Crippen LogP contribution in [-0.4, -0.2) is 56.4 Å². The lowest BCUT2D eigenvalue weighted by atomic mass is 9.94. The highest BCUT2D eigenvalue weighted by Crippen LogP contribution is 2.46. The van der Waals surface area contributed by atoms with Crippen LogP contribution < -0.4 is 0 Å². The second-order valence-corrected chi connectivity index (χ2v) is 12.1. The maximum absolute atomic E-state index is 14.0. The highest BCUT2D eigenvalue weighted by Gasteiger charge is 2.56. The van der Waals surface area contributed by atoms with Gasteiger partial charge >= 0.3 is 11.9 Å². The maximum Gasteiger partial charge on any atom is 0.314 e. The third-order valence-corrected chi connectivity index (χ3v) is 8.92. The van der Waals surface area contributed by atoms with E-state index in [1.165, 1.54) is 7.11 Å². The molecular formula is C40H36O8. The molecule has 2 aliphatic heterocycles. The van der Waals surface area contributed by atoms with Crippen LogP contribution in [0.3, 0.4) is 0 Å². The number of hydrogen-bond donors (Lipinski definition) is 0. The lowest BCUT2D eigenvalue weighted by molar-refractivity contribution is -0.359. The summed E-state index contributed by atoms with van der Waals surface area (Å²) in [5, 5.41) is 0. The molecule has 0 spiro atoms.